The van der Waals surface area contributed by atoms with Crippen LogP contribution in [0.4, 0.5) is 0 Å². The summed E-state index contributed by atoms with van der Waals surface area (Å²) in [6, 6.07) is 1.95. The summed E-state index contributed by atoms with van der Waals surface area (Å²) in [7, 11) is 1.88. The molecule has 1 aromatic rings. The SMILES string of the molecule is CCOC(=O)/C=C/CNCc1ccn(C)n1. The first-order valence-corrected chi connectivity index (χ1v) is 5.25. The van der Waals surface area contributed by atoms with Crippen LogP contribution in [0.5, 0.6) is 0 Å². The minimum atomic E-state index is -0.304. The van der Waals surface area contributed by atoms with Crippen molar-refractivity contribution in [2.45, 2.75) is 13.5 Å². The average Bonchev–Trinajstić information content (AvgIpc) is 2.64. The molecule has 0 radical (unpaired) electrons. The van der Waals surface area contributed by atoms with Gasteiger partial charge in [-0.05, 0) is 13.0 Å². The van der Waals surface area contributed by atoms with Crippen LogP contribution in [0.1, 0.15) is 12.6 Å². The van der Waals surface area contributed by atoms with Crippen molar-refractivity contribution in [1.29, 1.82) is 0 Å². The Bertz CT molecular complexity index is 358. The number of aromatic nitrogens is 2. The predicted octanol–water partition coefficient (Wildman–Crippen LogP) is 0.629. The van der Waals surface area contributed by atoms with Gasteiger partial charge in [-0.3, -0.25) is 4.68 Å². The summed E-state index contributed by atoms with van der Waals surface area (Å²) in [5, 5.41) is 7.35. The highest BCUT2D eigenvalue weighted by Crippen LogP contribution is 1.92. The van der Waals surface area contributed by atoms with E-state index in [0.29, 0.717) is 19.7 Å². The molecular formula is C11H17N3O2. The molecule has 0 saturated heterocycles. The lowest BCUT2D eigenvalue weighted by atomic mass is 10.4. The van der Waals surface area contributed by atoms with Crippen molar-refractivity contribution in [3.63, 3.8) is 0 Å². The van der Waals surface area contributed by atoms with E-state index in [1.54, 1.807) is 17.7 Å². The van der Waals surface area contributed by atoms with Gasteiger partial charge in [-0.15, -0.1) is 0 Å². The van der Waals surface area contributed by atoms with E-state index < -0.39 is 0 Å². The first kappa shape index (κ1) is 12.4. The van der Waals surface area contributed by atoms with Gasteiger partial charge in [0.15, 0.2) is 0 Å². The van der Waals surface area contributed by atoms with E-state index >= 15 is 0 Å². The molecule has 0 unspecified atom stereocenters. The van der Waals surface area contributed by atoms with E-state index in [-0.39, 0.29) is 5.97 Å². The van der Waals surface area contributed by atoms with Gasteiger partial charge in [-0.1, -0.05) is 6.08 Å². The van der Waals surface area contributed by atoms with Gasteiger partial charge in [0.2, 0.25) is 0 Å². The normalized spacial score (nSPS) is 10.9. The quantitative estimate of drug-likeness (QED) is 0.436. The van der Waals surface area contributed by atoms with Gasteiger partial charge in [0.05, 0.1) is 12.3 Å². The Hall–Kier alpha value is -1.62. The summed E-state index contributed by atoms with van der Waals surface area (Å²) in [5.74, 6) is -0.304. The van der Waals surface area contributed by atoms with E-state index in [0.717, 1.165) is 5.69 Å². The highest BCUT2D eigenvalue weighted by atomic mass is 16.5. The van der Waals surface area contributed by atoms with Crippen molar-refractivity contribution >= 4 is 5.97 Å². The maximum atomic E-state index is 10.9. The number of nitrogens with zero attached hydrogens (tertiary/aromatic N) is 2. The standard InChI is InChI=1S/C11H17N3O2/c1-3-16-11(15)5-4-7-12-9-10-6-8-14(2)13-10/h4-6,8,12H,3,7,9H2,1-2H3/b5-4+. The van der Waals surface area contributed by atoms with E-state index in [9.17, 15) is 4.79 Å². The zero-order valence-electron chi connectivity index (χ0n) is 9.64. The maximum absolute atomic E-state index is 10.9. The van der Waals surface area contributed by atoms with Crippen LogP contribution in [-0.2, 0) is 23.1 Å². The third-order valence-corrected chi connectivity index (χ3v) is 1.88. The maximum Gasteiger partial charge on any atom is 0.330 e. The summed E-state index contributed by atoms with van der Waals surface area (Å²) in [4.78, 5) is 10.9. The number of rotatable bonds is 6. The lowest BCUT2D eigenvalue weighted by Crippen LogP contribution is -2.14. The second kappa shape index (κ2) is 6.79. The molecule has 0 aliphatic heterocycles. The highest BCUT2D eigenvalue weighted by molar-refractivity contribution is 5.81. The number of hydrogen-bond acceptors (Lipinski definition) is 4. The summed E-state index contributed by atoms with van der Waals surface area (Å²) in [6.45, 7) is 3.50. The summed E-state index contributed by atoms with van der Waals surface area (Å²) in [5.41, 5.74) is 0.979. The fraction of sp³-hybridized carbons (Fsp3) is 0.455. The average molecular weight is 223 g/mol. The van der Waals surface area contributed by atoms with Crippen LogP contribution in [0.2, 0.25) is 0 Å². The van der Waals surface area contributed by atoms with Gasteiger partial charge in [-0.2, -0.15) is 5.10 Å². The minimum Gasteiger partial charge on any atom is -0.463 e. The van der Waals surface area contributed by atoms with Gasteiger partial charge in [0.25, 0.3) is 0 Å². The molecule has 1 N–H and O–H groups in total. The Kier molecular flexibility index (Phi) is 5.28. The molecule has 5 heteroatoms. The van der Waals surface area contributed by atoms with Gasteiger partial charge in [0, 0.05) is 32.4 Å². The zero-order valence-corrected chi connectivity index (χ0v) is 9.64. The van der Waals surface area contributed by atoms with Crippen LogP contribution in [0.15, 0.2) is 24.4 Å². The van der Waals surface area contributed by atoms with Crippen molar-refractivity contribution in [1.82, 2.24) is 15.1 Å². The fourth-order valence-electron chi connectivity index (χ4n) is 1.19. The van der Waals surface area contributed by atoms with Crippen LogP contribution < -0.4 is 5.32 Å². The summed E-state index contributed by atoms with van der Waals surface area (Å²) in [6.07, 6.45) is 5.06. The predicted molar refractivity (Wildman–Crippen MR) is 60.7 cm³/mol. The van der Waals surface area contributed by atoms with Gasteiger partial charge < -0.3 is 10.1 Å². The summed E-state index contributed by atoms with van der Waals surface area (Å²) >= 11 is 0. The van der Waals surface area contributed by atoms with Crippen LogP contribution in [0.3, 0.4) is 0 Å². The molecule has 0 aliphatic rings. The molecule has 88 valence electrons. The first-order valence-electron chi connectivity index (χ1n) is 5.25. The smallest absolute Gasteiger partial charge is 0.330 e. The molecule has 1 aromatic heterocycles. The monoisotopic (exact) mass is 223 g/mol. The van der Waals surface area contributed by atoms with Crippen molar-refractivity contribution in [3.8, 4) is 0 Å². The van der Waals surface area contributed by atoms with E-state index in [4.69, 9.17) is 4.74 Å². The van der Waals surface area contributed by atoms with Crippen molar-refractivity contribution in [2.24, 2.45) is 7.05 Å². The molecule has 0 aliphatic carbocycles. The minimum absolute atomic E-state index is 0.304. The molecule has 0 spiro atoms. The molecule has 0 fully saturated rings. The number of carbonyl (C=O) groups excluding carboxylic acids is 1. The van der Waals surface area contributed by atoms with Crippen molar-refractivity contribution in [2.75, 3.05) is 13.2 Å². The van der Waals surface area contributed by atoms with Crippen molar-refractivity contribution < 1.29 is 9.53 Å². The Balaban J connectivity index is 2.14. The third kappa shape index (κ3) is 4.75. The van der Waals surface area contributed by atoms with Crippen LogP contribution in [0.25, 0.3) is 0 Å². The van der Waals surface area contributed by atoms with Gasteiger partial charge in [-0.25, -0.2) is 4.79 Å². The van der Waals surface area contributed by atoms with Gasteiger partial charge in [0.1, 0.15) is 0 Å². The van der Waals surface area contributed by atoms with Gasteiger partial charge >= 0.3 is 5.97 Å². The Morgan fingerprint density at radius 2 is 2.50 bits per heavy atom. The molecule has 16 heavy (non-hydrogen) atoms. The molecule has 0 saturated carbocycles. The fourth-order valence-corrected chi connectivity index (χ4v) is 1.19. The van der Waals surface area contributed by atoms with E-state index in [2.05, 4.69) is 10.4 Å². The van der Waals surface area contributed by atoms with Crippen LogP contribution in [-0.4, -0.2) is 28.9 Å². The van der Waals surface area contributed by atoms with E-state index in [1.807, 2.05) is 19.3 Å². The number of aryl methyl sites for hydroxylation is 1. The summed E-state index contributed by atoms with van der Waals surface area (Å²) < 4.78 is 6.50. The third-order valence-electron chi connectivity index (χ3n) is 1.88. The van der Waals surface area contributed by atoms with Crippen molar-refractivity contribution in [3.05, 3.63) is 30.1 Å². The lowest BCUT2D eigenvalue weighted by Gasteiger charge is -1.98. The van der Waals surface area contributed by atoms with Crippen LogP contribution in [0, 0.1) is 0 Å². The largest absolute Gasteiger partial charge is 0.463 e. The Morgan fingerprint density at radius 1 is 1.69 bits per heavy atom. The number of hydrogen-bond donors (Lipinski definition) is 1. The molecule has 1 heterocycles. The molecule has 0 atom stereocenters. The highest BCUT2D eigenvalue weighted by Gasteiger charge is 1.95. The second-order valence-corrected chi connectivity index (χ2v) is 3.27. The van der Waals surface area contributed by atoms with E-state index in [1.165, 1.54) is 6.08 Å². The Labute approximate surface area is 95.1 Å². The molecule has 5 nitrogen and oxygen atoms in total. The zero-order chi connectivity index (χ0) is 11.8. The molecule has 0 aromatic carbocycles. The van der Waals surface area contributed by atoms with Crippen LogP contribution >= 0.6 is 0 Å². The number of nitrogens with one attached hydrogen (secondary N) is 1. The lowest BCUT2D eigenvalue weighted by molar-refractivity contribution is -0.137. The number of carbonyl (C=O) groups is 1. The number of ether oxygens (including phenoxy) is 1. The Morgan fingerprint density at radius 3 is 3.12 bits per heavy atom. The topological polar surface area (TPSA) is 56.1 Å². The molecule has 0 bridgehead atoms. The molecular weight excluding hydrogens is 206 g/mol. The number of esters is 1. The molecule has 1 rings (SSSR count). The first-order chi connectivity index (χ1) is 7.72. The molecule has 0 amide bonds. The second-order valence-electron chi connectivity index (χ2n) is 3.27.